The van der Waals surface area contributed by atoms with Crippen LogP contribution in [0.3, 0.4) is 0 Å². The first-order valence-electron chi connectivity index (χ1n) is 5.80. The molecule has 1 atom stereocenters. The number of rotatable bonds is 7. The third kappa shape index (κ3) is 4.46. The molecule has 3 N–H and O–H groups in total. The van der Waals surface area contributed by atoms with E-state index in [1.54, 1.807) is 6.07 Å². The number of nitrogens with two attached hydrogens (primary N) is 1. The predicted molar refractivity (Wildman–Crippen MR) is 72.9 cm³/mol. The van der Waals surface area contributed by atoms with Gasteiger partial charge in [0.1, 0.15) is 0 Å². The van der Waals surface area contributed by atoms with Crippen molar-refractivity contribution in [3.05, 3.63) is 42.7 Å². The number of aromatic nitrogens is 1. The highest BCUT2D eigenvalue weighted by Gasteiger charge is 2.24. The number of pyridine rings is 1. The normalized spacial score (nSPS) is 12.7. The molecule has 7 heteroatoms. The standard InChI is InChI=1S/C12H17N3O3S/c1-2-11(6-3-7-13)19(17,18)15-12(16)10-5-4-8-14-9-10/h2,4-5,8-9,11H,1,3,6-7,13H2,(H,15,16). The monoisotopic (exact) mass is 283 g/mol. The molecule has 0 saturated carbocycles. The van der Waals surface area contributed by atoms with E-state index in [0.29, 0.717) is 19.4 Å². The molecule has 1 aromatic rings. The van der Waals surface area contributed by atoms with Crippen molar-refractivity contribution < 1.29 is 13.2 Å². The Kier molecular flexibility index (Phi) is 5.65. The molecule has 0 aliphatic heterocycles. The van der Waals surface area contributed by atoms with Crippen molar-refractivity contribution in [2.45, 2.75) is 18.1 Å². The molecule has 1 aromatic heterocycles. The lowest BCUT2D eigenvalue weighted by molar-refractivity contribution is 0.0981. The summed E-state index contributed by atoms with van der Waals surface area (Å²) in [7, 11) is -3.79. The lowest BCUT2D eigenvalue weighted by Gasteiger charge is -2.14. The van der Waals surface area contributed by atoms with E-state index in [1.807, 2.05) is 4.72 Å². The minimum absolute atomic E-state index is 0.188. The van der Waals surface area contributed by atoms with Crippen LogP contribution in [0.25, 0.3) is 0 Å². The Labute approximate surface area is 112 Å². The Hall–Kier alpha value is -1.73. The first-order chi connectivity index (χ1) is 9.01. The van der Waals surface area contributed by atoms with Crippen LogP contribution in [0.15, 0.2) is 37.2 Å². The Morgan fingerprint density at radius 1 is 1.58 bits per heavy atom. The number of nitrogens with one attached hydrogen (secondary N) is 1. The van der Waals surface area contributed by atoms with Gasteiger partial charge in [-0.3, -0.25) is 9.78 Å². The smallest absolute Gasteiger partial charge is 0.266 e. The van der Waals surface area contributed by atoms with Crippen molar-refractivity contribution in [2.24, 2.45) is 5.73 Å². The molecule has 0 spiro atoms. The predicted octanol–water partition coefficient (Wildman–Crippen LogP) is 0.435. The van der Waals surface area contributed by atoms with Crippen molar-refractivity contribution in [3.8, 4) is 0 Å². The van der Waals surface area contributed by atoms with E-state index in [1.165, 1.54) is 24.5 Å². The molecular weight excluding hydrogens is 266 g/mol. The number of carbonyl (C=O) groups is 1. The van der Waals surface area contributed by atoms with Crippen LogP contribution in [0.1, 0.15) is 23.2 Å². The fourth-order valence-corrected chi connectivity index (χ4v) is 2.74. The van der Waals surface area contributed by atoms with Gasteiger partial charge in [-0.25, -0.2) is 13.1 Å². The van der Waals surface area contributed by atoms with Crippen LogP contribution in [0.4, 0.5) is 0 Å². The number of amides is 1. The summed E-state index contributed by atoms with van der Waals surface area (Å²) < 4.78 is 26.0. The van der Waals surface area contributed by atoms with Crippen molar-refractivity contribution >= 4 is 15.9 Å². The van der Waals surface area contributed by atoms with Crippen LogP contribution in [0.2, 0.25) is 0 Å². The minimum Gasteiger partial charge on any atom is -0.330 e. The van der Waals surface area contributed by atoms with Gasteiger partial charge >= 0.3 is 0 Å². The number of hydrogen-bond acceptors (Lipinski definition) is 5. The highest BCUT2D eigenvalue weighted by Crippen LogP contribution is 2.09. The molecule has 1 heterocycles. The molecule has 104 valence electrons. The van der Waals surface area contributed by atoms with Crippen molar-refractivity contribution in [1.29, 1.82) is 0 Å². The van der Waals surface area contributed by atoms with Crippen molar-refractivity contribution in [2.75, 3.05) is 6.54 Å². The molecule has 0 aromatic carbocycles. The molecule has 1 unspecified atom stereocenters. The Balaban J connectivity index is 2.78. The van der Waals surface area contributed by atoms with Gasteiger partial charge < -0.3 is 5.73 Å². The fourth-order valence-electron chi connectivity index (χ4n) is 1.48. The van der Waals surface area contributed by atoms with Gasteiger partial charge in [0.15, 0.2) is 0 Å². The van der Waals surface area contributed by atoms with Crippen LogP contribution >= 0.6 is 0 Å². The molecule has 19 heavy (non-hydrogen) atoms. The van der Waals surface area contributed by atoms with Gasteiger partial charge in [-0.1, -0.05) is 6.08 Å². The first-order valence-corrected chi connectivity index (χ1v) is 7.34. The summed E-state index contributed by atoms with van der Waals surface area (Å²) >= 11 is 0. The Morgan fingerprint density at radius 2 is 2.32 bits per heavy atom. The summed E-state index contributed by atoms with van der Waals surface area (Å²) in [5.74, 6) is -0.701. The zero-order valence-corrected chi connectivity index (χ0v) is 11.3. The second-order valence-corrected chi connectivity index (χ2v) is 5.82. The molecule has 1 rings (SSSR count). The second kappa shape index (κ2) is 7.01. The average molecular weight is 283 g/mol. The molecule has 1 amide bonds. The van der Waals surface area contributed by atoms with Crippen molar-refractivity contribution in [3.63, 3.8) is 0 Å². The first kappa shape index (κ1) is 15.3. The maximum absolute atomic E-state index is 12.0. The van der Waals surface area contributed by atoms with Gasteiger partial charge in [-0.2, -0.15) is 0 Å². The molecule has 0 radical (unpaired) electrons. The SMILES string of the molecule is C=CC(CCCN)S(=O)(=O)NC(=O)c1cccnc1. The summed E-state index contributed by atoms with van der Waals surface area (Å²) in [5.41, 5.74) is 5.53. The number of carbonyl (C=O) groups excluding carboxylic acids is 1. The van der Waals surface area contributed by atoms with Gasteiger partial charge in [0.25, 0.3) is 5.91 Å². The zero-order valence-electron chi connectivity index (χ0n) is 10.5. The van der Waals surface area contributed by atoms with Gasteiger partial charge in [0.05, 0.1) is 10.8 Å². The quantitative estimate of drug-likeness (QED) is 0.707. The maximum Gasteiger partial charge on any atom is 0.266 e. The van der Waals surface area contributed by atoms with E-state index in [2.05, 4.69) is 11.6 Å². The number of hydrogen-bond donors (Lipinski definition) is 2. The Bertz CT molecular complexity index is 528. The minimum atomic E-state index is -3.79. The summed E-state index contributed by atoms with van der Waals surface area (Å²) in [6.45, 7) is 3.86. The molecule has 0 fully saturated rings. The fraction of sp³-hybridized carbons (Fsp3) is 0.333. The molecule has 0 saturated heterocycles. The second-order valence-electron chi connectivity index (χ2n) is 3.92. The van der Waals surface area contributed by atoms with Crippen LogP contribution in [-0.4, -0.2) is 31.1 Å². The number of sulfonamides is 1. The summed E-state index contributed by atoms with van der Waals surface area (Å²) in [6.07, 6.45) is 4.97. The lowest BCUT2D eigenvalue weighted by atomic mass is 10.2. The van der Waals surface area contributed by atoms with Gasteiger partial charge in [0, 0.05) is 12.4 Å². The van der Waals surface area contributed by atoms with E-state index in [-0.39, 0.29) is 5.56 Å². The number of nitrogens with zero attached hydrogens (tertiary/aromatic N) is 1. The van der Waals surface area contributed by atoms with E-state index in [0.717, 1.165) is 0 Å². The molecular formula is C12H17N3O3S. The van der Waals surface area contributed by atoms with Crippen LogP contribution in [0.5, 0.6) is 0 Å². The Morgan fingerprint density at radius 3 is 2.84 bits per heavy atom. The van der Waals surface area contributed by atoms with E-state index in [4.69, 9.17) is 5.73 Å². The highest BCUT2D eigenvalue weighted by molar-refractivity contribution is 7.90. The van der Waals surface area contributed by atoms with Crippen molar-refractivity contribution in [1.82, 2.24) is 9.71 Å². The van der Waals surface area contributed by atoms with Crippen LogP contribution in [-0.2, 0) is 10.0 Å². The highest BCUT2D eigenvalue weighted by atomic mass is 32.2. The molecule has 6 nitrogen and oxygen atoms in total. The summed E-state index contributed by atoms with van der Waals surface area (Å²) in [5, 5.41) is -0.836. The maximum atomic E-state index is 12.0. The molecule has 0 bridgehead atoms. The van der Waals surface area contributed by atoms with Crippen LogP contribution in [0, 0.1) is 0 Å². The summed E-state index contributed by atoms with van der Waals surface area (Å²) in [4.78, 5) is 15.5. The third-order valence-corrected chi connectivity index (χ3v) is 4.21. The largest absolute Gasteiger partial charge is 0.330 e. The molecule has 0 aliphatic carbocycles. The van der Waals surface area contributed by atoms with Gasteiger partial charge in [-0.05, 0) is 31.5 Å². The van der Waals surface area contributed by atoms with Crippen LogP contribution < -0.4 is 10.5 Å². The molecule has 0 aliphatic rings. The van der Waals surface area contributed by atoms with E-state index < -0.39 is 21.2 Å². The zero-order chi connectivity index (χ0) is 14.3. The van der Waals surface area contributed by atoms with Gasteiger partial charge in [-0.15, -0.1) is 6.58 Å². The summed E-state index contributed by atoms with van der Waals surface area (Å²) in [6, 6.07) is 3.04. The van der Waals surface area contributed by atoms with Gasteiger partial charge in [0.2, 0.25) is 10.0 Å². The van der Waals surface area contributed by atoms with E-state index >= 15 is 0 Å². The van der Waals surface area contributed by atoms with E-state index in [9.17, 15) is 13.2 Å². The topological polar surface area (TPSA) is 102 Å². The third-order valence-electron chi connectivity index (χ3n) is 2.51. The average Bonchev–Trinajstić information content (AvgIpc) is 2.39. The lowest BCUT2D eigenvalue weighted by Crippen LogP contribution is -2.37.